The molecule has 0 aliphatic heterocycles. The third kappa shape index (κ3) is 3.97. The van der Waals surface area contributed by atoms with E-state index in [0.29, 0.717) is 29.1 Å². The maximum Gasteiger partial charge on any atom is 0.266 e. The van der Waals surface area contributed by atoms with Crippen molar-refractivity contribution in [1.29, 1.82) is 0 Å². The van der Waals surface area contributed by atoms with Crippen molar-refractivity contribution >= 4 is 28.6 Å². The van der Waals surface area contributed by atoms with Crippen molar-refractivity contribution in [2.45, 2.75) is 32.3 Å². The van der Waals surface area contributed by atoms with Crippen LogP contribution in [0.1, 0.15) is 26.3 Å². The summed E-state index contributed by atoms with van der Waals surface area (Å²) in [6, 6.07) is 15.2. The Morgan fingerprint density at radius 3 is 2.43 bits per heavy atom. The molecule has 3 rings (SSSR count). The van der Waals surface area contributed by atoms with Crippen molar-refractivity contribution in [3.63, 3.8) is 0 Å². The monoisotopic (exact) mass is 395 g/mol. The largest absolute Gasteiger partial charge is 0.343 e. The number of aromatic nitrogens is 2. The topological polar surface area (TPSA) is 55.2 Å². The summed E-state index contributed by atoms with van der Waals surface area (Å²) in [5, 5.41) is 1.12. The van der Waals surface area contributed by atoms with Gasteiger partial charge in [-0.15, -0.1) is 0 Å². The Bertz CT molecular complexity index is 1040. The molecule has 0 atom stereocenters. The first-order chi connectivity index (χ1) is 13.6. The van der Waals surface area contributed by atoms with Gasteiger partial charge in [0.25, 0.3) is 5.56 Å². The van der Waals surface area contributed by atoms with Gasteiger partial charge in [-0.3, -0.25) is 14.2 Å². The maximum absolute atomic E-state index is 13.3. The van der Waals surface area contributed by atoms with Crippen molar-refractivity contribution < 1.29 is 4.79 Å². The molecule has 0 spiro atoms. The summed E-state index contributed by atoms with van der Waals surface area (Å²) in [6.45, 7) is 7.34. The standard InChI is InChI=1S/C22H25N3O2S/c1-4-16-11-7-10-14-19(16)25-21(27)17-12-8-9-13-18(17)23-22(25)28-15-20(26)24(5-2)6-3/h7-14H,4-6,15H2,1-3H3. The Kier molecular flexibility index (Phi) is 6.52. The zero-order chi connectivity index (χ0) is 20.1. The lowest BCUT2D eigenvalue weighted by atomic mass is 10.1. The van der Waals surface area contributed by atoms with Crippen LogP contribution in [0.4, 0.5) is 0 Å². The summed E-state index contributed by atoms with van der Waals surface area (Å²) < 4.78 is 1.65. The first-order valence-corrected chi connectivity index (χ1v) is 10.6. The third-order valence-electron chi connectivity index (χ3n) is 4.80. The van der Waals surface area contributed by atoms with Crippen LogP contribution < -0.4 is 5.56 Å². The fraction of sp³-hybridized carbons (Fsp3) is 0.318. The van der Waals surface area contributed by atoms with Gasteiger partial charge in [-0.25, -0.2) is 4.98 Å². The van der Waals surface area contributed by atoms with Crippen molar-refractivity contribution in [2.24, 2.45) is 0 Å². The van der Waals surface area contributed by atoms with Crippen molar-refractivity contribution in [1.82, 2.24) is 14.5 Å². The molecule has 0 aliphatic carbocycles. The summed E-state index contributed by atoms with van der Waals surface area (Å²) in [7, 11) is 0. The van der Waals surface area contributed by atoms with Crippen LogP contribution in [0.2, 0.25) is 0 Å². The molecule has 5 nitrogen and oxygen atoms in total. The van der Waals surface area contributed by atoms with E-state index in [4.69, 9.17) is 4.98 Å². The second-order valence-corrected chi connectivity index (χ2v) is 7.33. The quantitative estimate of drug-likeness (QED) is 0.450. The van der Waals surface area contributed by atoms with E-state index < -0.39 is 0 Å². The van der Waals surface area contributed by atoms with Gasteiger partial charge in [0.05, 0.1) is 22.3 Å². The van der Waals surface area contributed by atoms with Gasteiger partial charge in [0.1, 0.15) is 0 Å². The number of hydrogen-bond acceptors (Lipinski definition) is 4. The highest BCUT2D eigenvalue weighted by Crippen LogP contribution is 2.24. The van der Waals surface area contributed by atoms with Crippen molar-refractivity contribution in [2.75, 3.05) is 18.8 Å². The molecule has 0 fully saturated rings. The lowest BCUT2D eigenvalue weighted by Crippen LogP contribution is -2.32. The highest BCUT2D eigenvalue weighted by molar-refractivity contribution is 7.99. The molecule has 0 radical (unpaired) electrons. The van der Waals surface area contributed by atoms with Crippen LogP contribution in [-0.4, -0.2) is 39.2 Å². The van der Waals surface area contributed by atoms with E-state index in [1.165, 1.54) is 11.8 Å². The first kappa shape index (κ1) is 20.1. The molecule has 28 heavy (non-hydrogen) atoms. The van der Waals surface area contributed by atoms with E-state index >= 15 is 0 Å². The molecular formula is C22H25N3O2S. The molecule has 0 aliphatic rings. The van der Waals surface area contributed by atoms with Gasteiger partial charge in [-0.1, -0.05) is 49.0 Å². The fourth-order valence-corrected chi connectivity index (χ4v) is 4.15. The molecule has 6 heteroatoms. The van der Waals surface area contributed by atoms with Gasteiger partial charge < -0.3 is 4.90 Å². The first-order valence-electron chi connectivity index (χ1n) is 9.61. The van der Waals surface area contributed by atoms with Crippen molar-refractivity contribution in [3.8, 4) is 5.69 Å². The zero-order valence-corrected chi connectivity index (χ0v) is 17.3. The number of para-hydroxylation sites is 2. The molecule has 0 saturated heterocycles. The summed E-state index contributed by atoms with van der Waals surface area (Å²) in [5.74, 6) is 0.300. The Labute approximate surface area is 169 Å². The lowest BCUT2D eigenvalue weighted by molar-refractivity contribution is -0.127. The maximum atomic E-state index is 13.3. The van der Waals surface area contributed by atoms with Crippen LogP contribution in [0.15, 0.2) is 58.5 Å². The number of thioether (sulfide) groups is 1. The Hall–Kier alpha value is -2.60. The van der Waals surface area contributed by atoms with E-state index in [0.717, 1.165) is 17.7 Å². The molecule has 0 bridgehead atoms. The SMILES string of the molecule is CCc1ccccc1-n1c(SCC(=O)N(CC)CC)nc2ccccc2c1=O. The molecule has 0 N–H and O–H groups in total. The predicted molar refractivity (Wildman–Crippen MR) is 115 cm³/mol. The minimum Gasteiger partial charge on any atom is -0.343 e. The van der Waals surface area contributed by atoms with E-state index in [2.05, 4.69) is 6.92 Å². The highest BCUT2D eigenvalue weighted by atomic mass is 32.2. The molecule has 1 amide bonds. The molecule has 146 valence electrons. The zero-order valence-electron chi connectivity index (χ0n) is 16.5. The van der Waals surface area contributed by atoms with Gasteiger partial charge >= 0.3 is 0 Å². The molecule has 1 heterocycles. The minimum atomic E-state index is -0.107. The van der Waals surface area contributed by atoms with Crippen LogP contribution in [-0.2, 0) is 11.2 Å². The second kappa shape index (κ2) is 9.06. The summed E-state index contributed by atoms with van der Waals surface area (Å²) in [5.41, 5.74) is 2.43. The minimum absolute atomic E-state index is 0.0488. The average molecular weight is 396 g/mol. The van der Waals surface area contributed by atoms with Crippen LogP contribution in [0.5, 0.6) is 0 Å². The highest BCUT2D eigenvalue weighted by Gasteiger charge is 2.17. The van der Waals surface area contributed by atoms with E-state index in [1.807, 2.05) is 56.3 Å². The van der Waals surface area contributed by atoms with Crippen LogP contribution >= 0.6 is 11.8 Å². The van der Waals surface area contributed by atoms with Crippen LogP contribution in [0.25, 0.3) is 16.6 Å². The summed E-state index contributed by atoms with van der Waals surface area (Å²) >= 11 is 1.32. The Balaban J connectivity index is 2.12. The molecule has 0 unspecified atom stereocenters. The van der Waals surface area contributed by atoms with Crippen molar-refractivity contribution in [3.05, 3.63) is 64.4 Å². The van der Waals surface area contributed by atoms with Crippen LogP contribution in [0.3, 0.4) is 0 Å². The smallest absolute Gasteiger partial charge is 0.266 e. The second-order valence-electron chi connectivity index (χ2n) is 6.39. The summed E-state index contributed by atoms with van der Waals surface area (Å²) in [4.78, 5) is 32.3. The number of carbonyl (C=O) groups excluding carboxylic acids is 1. The van der Waals surface area contributed by atoms with E-state index in [-0.39, 0.29) is 17.2 Å². The number of nitrogens with zero attached hydrogens (tertiary/aromatic N) is 3. The number of amides is 1. The van der Waals surface area contributed by atoms with Gasteiger partial charge in [-0.05, 0) is 44.0 Å². The molecule has 1 aromatic heterocycles. The summed E-state index contributed by atoms with van der Waals surface area (Å²) in [6.07, 6.45) is 0.803. The molecule has 3 aromatic rings. The normalized spacial score (nSPS) is 11.0. The average Bonchev–Trinajstić information content (AvgIpc) is 2.73. The number of benzene rings is 2. The number of aryl methyl sites for hydroxylation is 1. The molecular weight excluding hydrogens is 370 g/mol. The fourth-order valence-electron chi connectivity index (χ4n) is 3.24. The van der Waals surface area contributed by atoms with Gasteiger partial charge in [0.15, 0.2) is 5.16 Å². The number of hydrogen-bond donors (Lipinski definition) is 0. The number of carbonyl (C=O) groups is 1. The van der Waals surface area contributed by atoms with Crippen LogP contribution in [0, 0.1) is 0 Å². The predicted octanol–water partition coefficient (Wildman–Crippen LogP) is 3.91. The Morgan fingerprint density at radius 2 is 1.71 bits per heavy atom. The van der Waals surface area contributed by atoms with Gasteiger partial charge in [0, 0.05) is 13.1 Å². The van der Waals surface area contributed by atoms with E-state index in [9.17, 15) is 9.59 Å². The van der Waals surface area contributed by atoms with E-state index in [1.54, 1.807) is 15.5 Å². The molecule has 2 aromatic carbocycles. The lowest BCUT2D eigenvalue weighted by Gasteiger charge is -2.19. The Morgan fingerprint density at radius 1 is 1.04 bits per heavy atom. The number of rotatable bonds is 7. The van der Waals surface area contributed by atoms with Gasteiger partial charge in [0.2, 0.25) is 5.91 Å². The van der Waals surface area contributed by atoms with Gasteiger partial charge in [-0.2, -0.15) is 0 Å². The molecule has 0 saturated carbocycles. The number of fused-ring (bicyclic) bond motifs is 1. The third-order valence-corrected chi connectivity index (χ3v) is 5.72.